The number of rotatable bonds is 4. The highest BCUT2D eigenvalue weighted by Crippen LogP contribution is 2.15. The van der Waals surface area contributed by atoms with Gasteiger partial charge in [0.2, 0.25) is 5.91 Å². The minimum absolute atomic E-state index is 0.00589. The molecule has 122 valence electrons. The summed E-state index contributed by atoms with van der Waals surface area (Å²) < 4.78 is 18.6. The number of carbonyl (C=O) groups excluding carboxylic acids is 3. The molecule has 1 aromatic heterocycles. The van der Waals surface area contributed by atoms with Gasteiger partial charge in [-0.25, -0.2) is 14.1 Å². The van der Waals surface area contributed by atoms with E-state index >= 15 is 0 Å². The maximum atomic E-state index is 13.5. The number of furan rings is 1. The molecule has 8 heteroatoms. The normalized spacial score (nSPS) is 15.7. The van der Waals surface area contributed by atoms with E-state index in [9.17, 15) is 18.8 Å². The van der Waals surface area contributed by atoms with Crippen LogP contribution in [0.4, 0.5) is 14.9 Å². The molecule has 1 fully saturated rings. The van der Waals surface area contributed by atoms with Crippen molar-refractivity contribution in [3.63, 3.8) is 0 Å². The van der Waals surface area contributed by atoms with Crippen molar-refractivity contribution < 1.29 is 23.2 Å². The summed E-state index contributed by atoms with van der Waals surface area (Å²) in [6.07, 6.45) is 2.78. The molecule has 2 N–H and O–H groups in total. The number of halogens is 1. The fourth-order valence-corrected chi connectivity index (χ4v) is 2.13. The molecule has 0 radical (unpaired) electrons. The first-order valence-corrected chi connectivity index (χ1v) is 6.97. The number of imide groups is 1. The zero-order valence-corrected chi connectivity index (χ0v) is 12.3. The van der Waals surface area contributed by atoms with Crippen LogP contribution in [-0.4, -0.2) is 29.3 Å². The molecular formula is C16H12FN3O4. The fraction of sp³-hybridized carbons (Fsp3) is 0.0625. The molecule has 0 bridgehead atoms. The Morgan fingerprint density at radius 2 is 2.04 bits per heavy atom. The number of hydrogen-bond acceptors (Lipinski definition) is 4. The number of anilines is 1. The average molecular weight is 329 g/mol. The number of benzene rings is 1. The molecule has 24 heavy (non-hydrogen) atoms. The highest BCUT2D eigenvalue weighted by molar-refractivity contribution is 6.15. The zero-order valence-electron chi connectivity index (χ0n) is 12.3. The third-order valence-electron chi connectivity index (χ3n) is 3.24. The lowest BCUT2D eigenvalue weighted by Crippen LogP contribution is -2.38. The van der Waals surface area contributed by atoms with Gasteiger partial charge in [0.1, 0.15) is 23.8 Å². The summed E-state index contributed by atoms with van der Waals surface area (Å²) in [5.41, 5.74) is -0.0328. The molecule has 3 rings (SSSR count). The zero-order chi connectivity index (χ0) is 17.1. The van der Waals surface area contributed by atoms with Crippen LogP contribution in [-0.2, 0) is 9.59 Å². The summed E-state index contributed by atoms with van der Waals surface area (Å²) in [6, 6.07) is 8.11. The Kier molecular flexibility index (Phi) is 4.11. The third kappa shape index (κ3) is 3.17. The van der Waals surface area contributed by atoms with Crippen molar-refractivity contribution in [3.8, 4) is 0 Å². The quantitative estimate of drug-likeness (QED) is 0.662. The van der Waals surface area contributed by atoms with Crippen LogP contribution in [0, 0.1) is 5.82 Å². The van der Waals surface area contributed by atoms with Crippen LogP contribution in [0.5, 0.6) is 0 Å². The first-order valence-electron chi connectivity index (χ1n) is 6.97. The summed E-state index contributed by atoms with van der Waals surface area (Å²) in [5.74, 6) is -1.58. The van der Waals surface area contributed by atoms with Gasteiger partial charge in [-0.05, 0) is 24.3 Å². The number of nitrogens with zero attached hydrogens (tertiary/aromatic N) is 1. The van der Waals surface area contributed by atoms with Crippen molar-refractivity contribution >= 4 is 29.6 Å². The van der Waals surface area contributed by atoms with Gasteiger partial charge >= 0.3 is 6.03 Å². The molecule has 0 aliphatic carbocycles. The van der Waals surface area contributed by atoms with Crippen LogP contribution in [0.2, 0.25) is 0 Å². The predicted molar refractivity (Wildman–Crippen MR) is 82.0 cm³/mol. The maximum absolute atomic E-state index is 13.5. The molecular weight excluding hydrogens is 317 g/mol. The van der Waals surface area contributed by atoms with Crippen LogP contribution < -0.4 is 10.6 Å². The molecule has 4 amide bonds. The second kappa shape index (κ2) is 6.37. The molecule has 0 saturated carbocycles. The van der Waals surface area contributed by atoms with Crippen LogP contribution in [0.1, 0.15) is 5.76 Å². The highest BCUT2D eigenvalue weighted by atomic mass is 19.1. The Balaban J connectivity index is 1.69. The Bertz CT molecular complexity index is 830. The van der Waals surface area contributed by atoms with Crippen LogP contribution in [0.3, 0.4) is 0 Å². The third-order valence-corrected chi connectivity index (χ3v) is 3.24. The molecule has 1 saturated heterocycles. The smallest absolute Gasteiger partial charge is 0.329 e. The lowest BCUT2D eigenvalue weighted by atomic mass is 10.3. The second-order valence-corrected chi connectivity index (χ2v) is 4.92. The summed E-state index contributed by atoms with van der Waals surface area (Å²) in [5, 5.41) is 4.67. The van der Waals surface area contributed by atoms with E-state index in [0.29, 0.717) is 5.76 Å². The summed E-state index contributed by atoms with van der Waals surface area (Å²) in [4.78, 5) is 36.7. The van der Waals surface area contributed by atoms with Gasteiger partial charge in [-0.2, -0.15) is 0 Å². The van der Waals surface area contributed by atoms with E-state index in [0.717, 1.165) is 4.90 Å². The molecule has 2 heterocycles. The number of carbonyl (C=O) groups is 3. The standard InChI is InChI=1S/C16H12FN3O4/c17-11-5-1-2-6-12(11)18-14(21)9-20-15(22)13(19-16(20)23)8-10-4-3-7-24-10/h1-8H,9H2,(H,18,21)(H,19,23)/b13-8+. The van der Waals surface area contributed by atoms with Crippen molar-refractivity contribution in [1.29, 1.82) is 0 Å². The number of para-hydroxylation sites is 1. The second-order valence-electron chi connectivity index (χ2n) is 4.92. The van der Waals surface area contributed by atoms with Crippen LogP contribution in [0.15, 0.2) is 52.8 Å². The topological polar surface area (TPSA) is 91.7 Å². The Labute approximate surface area is 135 Å². The summed E-state index contributed by atoms with van der Waals surface area (Å²) in [7, 11) is 0. The van der Waals surface area contributed by atoms with E-state index in [2.05, 4.69) is 10.6 Å². The van der Waals surface area contributed by atoms with Crippen LogP contribution >= 0.6 is 0 Å². The molecule has 0 atom stereocenters. The van der Waals surface area contributed by atoms with Crippen molar-refractivity contribution in [3.05, 3.63) is 59.9 Å². The van der Waals surface area contributed by atoms with E-state index in [1.165, 1.54) is 30.5 Å². The van der Waals surface area contributed by atoms with Crippen molar-refractivity contribution in [2.45, 2.75) is 0 Å². The monoisotopic (exact) mass is 329 g/mol. The van der Waals surface area contributed by atoms with Gasteiger partial charge in [-0.15, -0.1) is 0 Å². The number of nitrogens with one attached hydrogen (secondary N) is 2. The van der Waals surface area contributed by atoms with Gasteiger partial charge in [-0.3, -0.25) is 9.59 Å². The van der Waals surface area contributed by atoms with Gasteiger partial charge in [0.25, 0.3) is 5.91 Å². The molecule has 0 spiro atoms. The number of hydrogen-bond donors (Lipinski definition) is 2. The first-order chi connectivity index (χ1) is 11.5. The minimum Gasteiger partial charge on any atom is -0.465 e. The number of amides is 4. The Morgan fingerprint density at radius 3 is 2.75 bits per heavy atom. The fourth-order valence-electron chi connectivity index (χ4n) is 2.13. The molecule has 1 aliphatic rings. The predicted octanol–water partition coefficient (Wildman–Crippen LogP) is 1.95. The van der Waals surface area contributed by atoms with Crippen LogP contribution in [0.25, 0.3) is 6.08 Å². The maximum Gasteiger partial charge on any atom is 0.329 e. The largest absolute Gasteiger partial charge is 0.465 e. The number of urea groups is 1. The lowest BCUT2D eigenvalue weighted by molar-refractivity contribution is -0.127. The average Bonchev–Trinajstić information content (AvgIpc) is 3.14. The lowest BCUT2D eigenvalue weighted by Gasteiger charge is -2.12. The van der Waals surface area contributed by atoms with E-state index < -0.39 is 30.2 Å². The summed E-state index contributed by atoms with van der Waals surface area (Å²) in [6.45, 7) is -0.533. The molecule has 1 aromatic carbocycles. The van der Waals surface area contributed by atoms with E-state index in [-0.39, 0.29) is 11.4 Å². The molecule has 0 unspecified atom stereocenters. The SMILES string of the molecule is O=C(CN1C(=O)N/C(=C/c2ccco2)C1=O)Nc1ccccc1F. The Morgan fingerprint density at radius 1 is 1.25 bits per heavy atom. The van der Waals surface area contributed by atoms with E-state index in [1.807, 2.05) is 0 Å². The van der Waals surface area contributed by atoms with E-state index in [1.54, 1.807) is 18.2 Å². The van der Waals surface area contributed by atoms with Crippen molar-refractivity contribution in [1.82, 2.24) is 10.2 Å². The van der Waals surface area contributed by atoms with Gasteiger partial charge in [-0.1, -0.05) is 12.1 Å². The molecule has 7 nitrogen and oxygen atoms in total. The van der Waals surface area contributed by atoms with Gasteiger partial charge in [0, 0.05) is 6.08 Å². The van der Waals surface area contributed by atoms with Gasteiger partial charge < -0.3 is 15.1 Å². The highest BCUT2D eigenvalue weighted by Gasteiger charge is 2.35. The van der Waals surface area contributed by atoms with E-state index in [4.69, 9.17) is 4.42 Å². The molecule has 2 aromatic rings. The summed E-state index contributed by atoms with van der Waals surface area (Å²) >= 11 is 0. The first kappa shape index (κ1) is 15.5. The minimum atomic E-state index is -0.735. The Hall–Kier alpha value is -3.42. The molecule has 1 aliphatic heterocycles. The van der Waals surface area contributed by atoms with Gasteiger partial charge in [0.15, 0.2) is 0 Å². The van der Waals surface area contributed by atoms with Crippen molar-refractivity contribution in [2.24, 2.45) is 0 Å². The van der Waals surface area contributed by atoms with Crippen molar-refractivity contribution in [2.75, 3.05) is 11.9 Å². The van der Waals surface area contributed by atoms with Gasteiger partial charge in [0.05, 0.1) is 12.0 Å².